The lowest BCUT2D eigenvalue weighted by atomic mass is 9.88. The molecule has 0 aliphatic heterocycles. The van der Waals surface area contributed by atoms with Crippen LogP contribution in [0.4, 0.5) is 0 Å². The predicted molar refractivity (Wildman–Crippen MR) is 246 cm³/mol. The summed E-state index contributed by atoms with van der Waals surface area (Å²) in [6, 6.07) is -1.56. The summed E-state index contributed by atoms with van der Waals surface area (Å²) in [6.45, 7) is 2.50. The Hall–Kier alpha value is -2.19. The number of allylic oxidation sites excluding steroid dienone is 1. The summed E-state index contributed by atoms with van der Waals surface area (Å²) in [6.07, 6.45) is 31.8. The molecule has 0 aromatic heterocycles. The molecule has 0 amide bonds. The van der Waals surface area contributed by atoms with E-state index in [0.717, 1.165) is 51.4 Å². The van der Waals surface area contributed by atoms with E-state index in [0.29, 0.717) is 32.1 Å². The van der Waals surface area contributed by atoms with Crippen LogP contribution in [0, 0.1) is 11.8 Å². The first-order valence-corrected chi connectivity index (χ1v) is 26.3. The van der Waals surface area contributed by atoms with Crippen molar-refractivity contribution < 1.29 is 62.5 Å². The van der Waals surface area contributed by atoms with E-state index in [2.05, 4.69) is 18.4 Å². The number of Topliss-reactive ketones (excluding diaryl/α,β-unsaturated/α-hetero) is 1. The smallest absolute Gasteiger partial charge is 0.472 e. The van der Waals surface area contributed by atoms with Crippen molar-refractivity contribution >= 4 is 31.5 Å². The molecule has 7 atom stereocenters. The van der Waals surface area contributed by atoms with E-state index in [1.807, 2.05) is 0 Å². The zero-order chi connectivity index (χ0) is 46.6. The van der Waals surface area contributed by atoms with E-state index >= 15 is 0 Å². The zero-order valence-electron chi connectivity index (χ0n) is 39.1. The topological polar surface area (TPSA) is 229 Å². The van der Waals surface area contributed by atoms with Gasteiger partial charge in [0.15, 0.2) is 6.10 Å². The van der Waals surface area contributed by atoms with Crippen LogP contribution >= 0.6 is 7.82 Å². The van der Waals surface area contributed by atoms with Gasteiger partial charge < -0.3 is 35.4 Å². The molecule has 0 saturated heterocycles. The molecule has 0 radical (unpaired) electrons. The molecule has 1 fully saturated rings. The first kappa shape index (κ1) is 58.8. The third-order valence-corrected chi connectivity index (χ3v) is 12.9. The number of ether oxygens (including phenoxy) is 2. The Morgan fingerprint density at radius 2 is 1.16 bits per heavy atom. The molecule has 1 aliphatic rings. The molecule has 368 valence electrons. The van der Waals surface area contributed by atoms with Crippen molar-refractivity contribution in [2.24, 2.45) is 17.6 Å². The van der Waals surface area contributed by atoms with Crippen molar-refractivity contribution in [3.8, 4) is 0 Å². The molecule has 63 heavy (non-hydrogen) atoms. The molecule has 15 heteroatoms. The second-order valence-corrected chi connectivity index (χ2v) is 19.2. The third-order valence-electron chi connectivity index (χ3n) is 11.9. The first-order valence-electron chi connectivity index (χ1n) is 24.8. The summed E-state index contributed by atoms with van der Waals surface area (Å²) in [7, 11) is -4.78. The number of rotatable bonds is 43. The molecule has 0 bridgehead atoms. The number of carboxylic acids is 1. The van der Waals surface area contributed by atoms with Crippen molar-refractivity contribution in [2.75, 3.05) is 19.8 Å². The maximum atomic E-state index is 12.8. The number of hydrogen-bond acceptors (Lipinski definition) is 12. The third kappa shape index (κ3) is 32.2. The summed E-state index contributed by atoms with van der Waals surface area (Å²) in [4.78, 5) is 58.9. The van der Waals surface area contributed by atoms with Crippen LogP contribution in [0.25, 0.3) is 0 Å². The number of carbonyl (C=O) groups excluding carboxylic acids is 3. The van der Waals surface area contributed by atoms with Crippen LogP contribution in [-0.4, -0.2) is 88.1 Å². The Labute approximate surface area is 379 Å². The summed E-state index contributed by atoms with van der Waals surface area (Å²) < 4.78 is 32.8. The second-order valence-electron chi connectivity index (χ2n) is 17.7. The molecule has 1 rings (SSSR count). The molecule has 14 nitrogen and oxygen atoms in total. The number of phosphoric acid groups is 1. The van der Waals surface area contributed by atoms with E-state index in [9.17, 15) is 38.8 Å². The average molecular weight is 918 g/mol. The highest BCUT2D eigenvalue weighted by Crippen LogP contribution is 2.43. The Morgan fingerprint density at radius 3 is 1.68 bits per heavy atom. The van der Waals surface area contributed by atoms with Crippen molar-refractivity contribution in [1.29, 1.82) is 0 Å². The van der Waals surface area contributed by atoms with Gasteiger partial charge in [-0.05, 0) is 31.6 Å². The SMILES string of the molecule is CCCCCCCCCCCCCCCCCCCCCC(=O)OC[C@H](COP(=O)(O)OC[C@H](N)C(=O)O)OC(=O)CCCCCC[C@H]1[C@@H](O)CC(=O)[C@@H]1/C=C/[C@@H](O)CCCCC. The summed E-state index contributed by atoms with van der Waals surface area (Å²) in [5.74, 6) is -3.22. The van der Waals surface area contributed by atoms with Gasteiger partial charge in [-0.15, -0.1) is 0 Å². The van der Waals surface area contributed by atoms with Crippen molar-refractivity contribution in [1.82, 2.24) is 0 Å². The van der Waals surface area contributed by atoms with Crippen LogP contribution in [0.2, 0.25) is 0 Å². The molecule has 1 saturated carbocycles. The van der Waals surface area contributed by atoms with Gasteiger partial charge in [0.25, 0.3) is 0 Å². The standard InChI is InChI=1S/C48H88NO13P/c1-3-5-7-8-9-10-11-12-13-14-15-16-17-18-19-20-21-22-27-31-46(53)59-36-40(37-60-63(57,58)61-38-43(49)48(55)56)62-47(54)32-28-24-23-26-30-41-42(45(52)35-44(41)51)34-33-39(50)29-25-6-4-2/h33-34,39-44,50-51H,3-32,35-38,49H2,1-2H3,(H,55,56)(H,57,58)/b34-33+/t39-,40+,41+,42+,43-,44-/m0/s1. The van der Waals surface area contributed by atoms with Crippen LogP contribution in [0.5, 0.6) is 0 Å². The Morgan fingerprint density at radius 1 is 0.698 bits per heavy atom. The minimum Gasteiger partial charge on any atom is -0.480 e. The monoisotopic (exact) mass is 918 g/mol. The van der Waals surface area contributed by atoms with Crippen molar-refractivity contribution in [3.63, 3.8) is 0 Å². The molecular weight excluding hydrogens is 829 g/mol. The zero-order valence-corrected chi connectivity index (χ0v) is 40.0. The summed E-state index contributed by atoms with van der Waals surface area (Å²) in [5.41, 5.74) is 5.34. The van der Waals surface area contributed by atoms with E-state index in [-0.39, 0.29) is 31.0 Å². The first-order chi connectivity index (χ1) is 30.3. The Bertz CT molecular complexity index is 1280. The van der Waals surface area contributed by atoms with Crippen molar-refractivity contribution in [3.05, 3.63) is 12.2 Å². The van der Waals surface area contributed by atoms with Gasteiger partial charge in [-0.1, -0.05) is 180 Å². The fraction of sp³-hybridized carbons (Fsp3) is 0.875. The highest BCUT2D eigenvalue weighted by atomic mass is 31.2. The number of carbonyl (C=O) groups is 4. The van der Waals surface area contributed by atoms with Crippen molar-refractivity contribution in [2.45, 2.75) is 237 Å². The minimum atomic E-state index is -4.78. The van der Waals surface area contributed by atoms with Gasteiger partial charge in [-0.2, -0.15) is 0 Å². The van der Waals surface area contributed by atoms with Gasteiger partial charge in [-0.3, -0.25) is 28.2 Å². The number of hydrogen-bond donors (Lipinski definition) is 5. The molecule has 0 heterocycles. The van der Waals surface area contributed by atoms with Crippen LogP contribution in [0.15, 0.2) is 12.2 Å². The Balaban J connectivity index is 2.39. The lowest BCUT2D eigenvalue weighted by molar-refractivity contribution is -0.161. The summed E-state index contributed by atoms with van der Waals surface area (Å²) in [5, 5.41) is 29.7. The largest absolute Gasteiger partial charge is 0.480 e. The minimum absolute atomic E-state index is 0.0230. The highest BCUT2D eigenvalue weighted by molar-refractivity contribution is 7.47. The molecule has 0 spiro atoms. The predicted octanol–water partition coefficient (Wildman–Crippen LogP) is 10.2. The molecule has 1 unspecified atom stereocenters. The number of unbranched alkanes of at least 4 members (excludes halogenated alkanes) is 23. The van der Waals surface area contributed by atoms with Crippen LogP contribution in [-0.2, 0) is 42.3 Å². The number of aliphatic hydroxyl groups excluding tert-OH is 2. The van der Waals surface area contributed by atoms with Crippen LogP contribution in [0.1, 0.15) is 213 Å². The fourth-order valence-electron chi connectivity index (χ4n) is 7.97. The molecular formula is C48H88NO13P. The Kier molecular flexibility index (Phi) is 35.5. The van der Waals surface area contributed by atoms with Crippen LogP contribution < -0.4 is 5.73 Å². The van der Waals surface area contributed by atoms with E-state index in [1.165, 1.54) is 96.3 Å². The maximum absolute atomic E-state index is 12.8. The normalized spacial score (nSPS) is 19.0. The molecule has 0 aromatic rings. The number of phosphoric ester groups is 1. The lowest BCUT2D eigenvalue weighted by Crippen LogP contribution is -2.34. The number of carboxylic acid groups (broad SMARTS) is 1. The number of nitrogens with two attached hydrogens (primary N) is 1. The lowest BCUT2D eigenvalue weighted by Gasteiger charge is -2.20. The van der Waals surface area contributed by atoms with Gasteiger partial charge >= 0.3 is 25.7 Å². The number of aliphatic carboxylic acids is 1. The second kappa shape index (κ2) is 38.0. The van der Waals surface area contributed by atoms with E-state index in [4.69, 9.17) is 24.8 Å². The molecule has 0 aromatic carbocycles. The van der Waals surface area contributed by atoms with Gasteiger partial charge in [0.05, 0.1) is 25.4 Å². The average Bonchev–Trinajstić information content (AvgIpc) is 3.52. The molecule has 1 aliphatic carbocycles. The number of esters is 2. The van der Waals surface area contributed by atoms with Gasteiger partial charge in [0.1, 0.15) is 18.4 Å². The van der Waals surface area contributed by atoms with Gasteiger partial charge in [0.2, 0.25) is 0 Å². The van der Waals surface area contributed by atoms with Gasteiger partial charge in [0, 0.05) is 25.2 Å². The fourth-order valence-corrected chi connectivity index (χ4v) is 8.75. The van der Waals surface area contributed by atoms with E-state index < -0.39 is 75.8 Å². The quantitative estimate of drug-likeness (QED) is 0.0166. The summed E-state index contributed by atoms with van der Waals surface area (Å²) >= 11 is 0. The number of ketones is 1. The van der Waals surface area contributed by atoms with Crippen LogP contribution in [0.3, 0.4) is 0 Å². The number of aliphatic hydroxyl groups is 2. The highest BCUT2D eigenvalue weighted by Gasteiger charge is 2.39. The van der Waals surface area contributed by atoms with Gasteiger partial charge in [-0.25, -0.2) is 4.57 Å². The maximum Gasteiger partial charge on any atom is 0.472 e. The molecule has 6 N–H and O–H groups in total. The van der Waals surface area contributed by atoms with E-state index in [1.54, 1.807) is 12.2 Å².